The maximum absolute atomic E-state index is 13.5. The Morgan fingerprint density at radius 3 is 2.70 bits per heavy atom. The van der Waals surface area contributed by atoms with Gasteiger partial charge in [0.05, 0.1) is 19.3 Å². The number of benzene rings is 1. The summed E-state index contributed by atoms with van der Waals surface area (Å²) < 4.78 is 21.3. The minimum Gasteiger partial charge on any atom is -0.493 e. The number of methoxy groups -OCH3 is 1. The molecule has 1 aromatic heterocycles. The summed E-state index contributed by atoms with van der Waals surface area (Å²) in [5, 5.41) is 4.29. The van der Waals surface area contributed by atoms with E-state index in [-0.39, 0.29) is 11.9 Å². The first-order valence-corrected chi connectivity index (χ1v) is 7.07. The van der Waals surface area contributed by atoms with Crippen molar-refractivity contribution in [2.45, 2.75) is 25.9 Å². The summed E-state index contributed by atoms with van der Waals surface area (Å²) in [5.41, 5.74) is 7.70. The van der Waals surface area contributed by atoms with Gasteiger partial charge in [0, 0.05) is 10.5 Å². The van der Waals surface area contributed by atoms with Gasteiger partial charge in [0.2, 0.25) is 0 Å². The maximum atomic E-state index is 13.5. The number of hydrogen-bond acceptors (Lipinski definition) is 3. The number of aromatic nitrogens is 2. The van der Waals surface area contributed by atoms with E-state index in [0.717, 1.165) is 10.2 Å². The van der Waals surface area contributed by atoms with Gasteiger partial charge in [-0.05, 0) is 37.6 Å². The molecular formula is C14H17BrFN3O. The van der Waals surface area contributed by atoms with Crippen LogP contribution in [0.1, 0.15) is 37.2 Å². The average Bonchev–Trinajstić information content (AvgIpc) is 2.84. The molecular weight excluding hydrogens is 325 g/mol. The highest BCUT2D eigenvalue weighted by molar-refractivity contribution is 9.10. The Kier molecular flexibility index (Phi) is 4.45. The Balaban J connectivity index is 2.55. The average molecular weight is 342 g/mol. The molecule has 1 atom stereocenters. The van der Waals surface area contributed by atoms with Gasteiger partial charge in [0.25, 0.3) is 0 Å². The molecule has 1 heterocycles. The molecule has 20 heavy (non-hydrogen) atoms. The predicted octanol–water partition coefficient (Wildman–Crippen LogP) is 3.42. The summed E-state index contributed by atoms with van der Waals surface area (Å²) in [7, 11) is 1.57. The molecule has 0 bridgehead atoms. The van der Waals surface area contributed by atoms with Gasteiger partial charge < -0.3 is 10.5 Å². The SMILES string of the molecule is COc1cnn(C(C)C)c1C(N)c1cc(F)ccc1Br. The molecule has 0 saturated carbocycles. The second kappa shape index (κ2) is 5.93. The van der Waals surface area contributed by atoms with Crippen LogP contribution < -0.4 is 10.5 Å². The normalized spacial score (nSPS) is 12.8. The highest BCUT2D eigenvalue weighted by Crippen LogP contribution is 2.33. The standard InChI is InChI=1S/C14H17BrFN3O/c1-8(2)19-14(12(20-3)7-18-19)13(17)10-6-9(16)4-5-11(10)15/h4-8,13H,17H2,1-3H3. The molecule has 0 saturated heterocycles. The highest BCUT2D eigenvalue weighted by Gasteiger charge is 2.23. The summed E-state index contributed by atoms with van der Waals surface area (Å²) in [6.45, 7) is 4.01. The van der Waals surface area contributed by atoms with E-state index in [0.29, 0.717) is 11.3 Å². The highest BCUT2D eigenvalue weighted by atomic mass is 79.9. The van der Waals surface area contributed by atoms with Crippen molar-refractivity contribution < 1.29 is 9.13 Å². The van der Waals surface area contributed by atoms with Crippen molar-refractivity contribution in [3.8, 4) is 5.75 Å². The van der Waals surface area contributed by atoms with Crippen LogP contribution in [0.15, 0.2) is 28.9 Å². The summed E-state index contributed by atoms with van der Waals surface area (Å²) >= 11 is 3.41. The molecule has 2 rings (SSSR count). The van der Waals surface area contributed by atoms with Gasteiger partial charge in [-0.1, -0.05) is 15.9 Å². The van der Waals surface area contributed by atoms with Gasteiger partial charge in [-0.15, -0.1) is 0 Å². The van der Waals surface area contributed by atoms with Crippen LogP contribution in [0.3, 0.4) is 0 Å². The fourth-order valence-electron chi connectivity index (χ4n) is 2.12. The Morgan fingerprint density at radius 1 is 1.40 bits per heavy atom. The number of halogens is 2. The van der Waals surface area contributed by atoms with Gasteiger partial charge in [-0.2, -0.15) is 5.10 Å². The number of nitrogens with zero attached hydrogens (tertiary/aromatic N) is 2. The van der Waals surface area contributed by atoms with Crippen LogP contribution in [0, 0.1) is 5.82 Å². The minimum absolute atomic E-state index is 0.132. The van der Waals surface area contributed by atoms with Gasteiger partial charge in [0.1, 0.15) is 11.5 Å². The van der Waals surface area contributed by atoms with Gasteiger partial charge >= 0.3 is 0 Å². The predicted molar refractivity (Wildman–Crippen MR) is 79.3 cm³/mol. The first-order chi connectivity index (χ1) is 9.45. The molecule has 0 radical (unpaired) electrons. The van der Waals surface area contributed by atoms with Crippen LogP contribution in [-0.2, 0) is 0 Å². The lowest BCUT2D eigenvalue weighted by atomic mass is 10.0. The van der Waals surface area contributed by atoms with Crippen LogP contribution in [0.5, 0.6) is 5.75 Å². The Bertz CT molecular complexity index is 612. The number of nitrogens with two attached hydrogens (primary N) is 1. The van der Waals surface area contributed by atoms with Gasteiger partial charge in [0.15, 0.2) is 5.75 Å². The van der Waals surface area contributed by atoms with Gasteiger partial charge in [-0.3, -0.25) is 4.68 Å². The Morgan fingerprint density at radius 2 is 2.10 bits per heavy atom. The van der Waals surface area contributed by atoms with Crippen molar-refractivity contribution >= 4 is 15.9 Å². The van der Waals surface area contributed by atoms with E-state index in [9.17, 15) is 4.39 Å². The van der Waals surface area contributed by atoms with Crippen LogP contribution in [0.4, 0.5) is 4.39 Å². The summed E-state index contributed by atoms with van der Waals surface area (Å²) in [5.74, 6) is 0.274. The number of ether oxygens (including phenoxy) is 1. The molecule has 1 unspecified atom stereocenters. The van der Waals surface area contributed by atoms with Crippen molar-refractivity contribution in [1.29, 1.82) is 0 Å². The van der Waals surface area contributed by atoms with E-state index in [2.05, 4.69) is 21.0 Å². The first-order valence-electron chi connectivity index (χ1n) is 6.27. The molecule has 0 amide bonds. The molecule has 2 N–H and O–H groups in total. The zero-order valence-corrected chi connectivity index (χ0v) is 13.2. The van der Waals surface area contributed by atoms with E-state index < -0.39 is 6.04 Å². The van der Waals surface area contributed by atoms with Gasteiger partial charge in [-0.25, -0.2) is 4.39 Å². The van der Waals surface area contributed by atoms with Crippen molar-refractivity contribution in [2.75, 3.05) is 7.11 Å². The van der Waals surface area contributed by atoms with Crippen LogP contribution in [-0.4, -0.2) is 16.9 Å². The second-order valence-electron chi connectivity index (χ2n) is 4.78. The fourth-order valence-corrected chi connectivity index (χ4v) is 2.61. The first kappa shape index (κ1) is 15.0. The van der Waals surface area contributed by atoms with Crippen LogP contribution in [0.25, 0.3) is 0 Å². The number of rotatable bonds is 4. The summed E-state index contributed by atoms with van der Waals surface area (Å²) in [6.07, 6.45) is 1.63. The fraction of sp³-hybridized carbons (Fsp3) is 0.357. The number of hydrogen-bond donors (Lipinski definition) is 1. The third-order valence-corrected chi connectivity index (χ3v) is 3.82. The largest absolute Gasteiger partial charge is 0.493 e. The molecule has 0 aliphatic heterocycles. The maximum Gasteiger partial charge on any atom is 0.161 e. The molecule has 6 heteroatoms. The molecule has 0 spiro atoms. The Labute approximate surface area is 125 Å². The lowest BCUT2D eigenvalue weighted by molar-refractivity contribution is 0.400. The van der Waals surface area contributed by atoms with E-state index in [1.807, 2.05) is 13.8 Å². The zero-order chi connectivity index (χ0) is 14.9. The van der Waals surface area contributed by atoms with E-state index in [1.165, 1.54) is 12.1 Å². The minimum atomic E-state index is -0.528. The Hall–Kier alpha value is -1.40. The smallest absolute Gasteiger partial charge is 0.161 e. The third kappa shape index (κ3) is 2.71. The molecule has 0 aliphatic rings. The topological polar surface area (TPSA) is 53.1 Å². The second-order valence-corrected chi connectivity index (χ2v) is 5.63. The lowest BCUT2D eigenvalue weighted by Crippen LogP contribution is -2.20. The van der Waals surface area contributed by atoms with E-state index in [4.69, 9.17) is 10.5 Å². The molecule has 108 valence electrons. The summed E-state index contributed by atoms with van der Waals surface area (Å²) in [4.78, 5) is 0. The molecule has 0 aliphatic carbocycles. The zero-order valence-electron chi connectivity index (χ0n) is 11.6. The van der Waals surface area contributed by atoms with Crippen molar-refractivity contribution in [2.24, 2.45) is 5.73 Å². The van der Waals surface area contributed by atoms with Crippen molar-refractivity contribution in [3.63, 3.8) is 0 Å². The monoisotopic (exact) mass is 341 g/mol. The lowest BCUT2D eigenvalue weighted by Gasteiger charge is -2.19. The molecule has 1 aromatic carbocycles. The quantitative estimate of drug-likeness (QED) is 0.926. The van der Waals surface area contributed by atoms with Crippen LogP contribution in [0.2, 0.25) is 0 Å². The van der Waals surface area contributed by atoms with Crippen molar-refractivity contribution in [1.82, 2.24) is 9.78 Å². The van der Waals surface area contributed by atoms with Crippen molar-refractivity contribution in [3.05, 3.63) is 45.9 Å². The van der Waals surface area contributed by atoms with E-state index >= 15 is 0 Å². The molecule has 4 nitrogen and oxygen atoms in total. The third-order valence-electron chi connectivity index (χ3n) is 3.10. The summed E-state index contributed by atoms with van der Waals surface area (Å²) in [6, 6.07) is 4.06. The van der Waals surface area contributed by atoms with Crippen LogP contribution >= 0.6 is 15.9 Å². The van der Waals surface area contributed by atoms with E-state index in [1.54, 1.807) is 24.1 Å². The molecule has 0 fully saturated rings. The molecule has 2 aromatic rings.